The highest BCUT2D eigenvalue weighted by Gasteiger charge is 2.38. The maximum atomic E-state index is 12.8. The second-order valence-corrected chi connectivity index (χ2v) is 6.70. The number of carbonyl (C=O) groups excluding carboxylic acids is 2. The molecule has 0 unspecified atom stereocenters. The van der Waals surface area contributed by atoms with Gasteiger partial charge in [0.25, 0.3) is 0 Å². The molecule has 0 bridgehead atoms. The van der Waals surface area contributed by atoms with E-state index in [9.17, 15) is 19.5 Å². The van der Waals surface area contributed by atoms with E-state index >= 15 is 0 Å². The van der Waals surface area contributed by atoms with Crippen molar-refractivity contribution in [2.75, 3.05) is 6.54 Å². The first-order chi connectivity index (χ1) is 11.8. The molecule has 6 nitrogen and oxygen atoms in total. The van der Waals surface area contributed by atoms with Crippen LogP contribution in [0, 0.1) is 23.2 Å². The average Bonchev–Trinajstić information content (AvgIpc) is 3.08. The Balaban J connectivity index is 2.17. The normalized spacial score (nSPS) is 18.0. The van der Waals surface area contributed by atoms with Crippen LogP contribution in [0.2, 0.25) is 0 Å². The monoisotopic (exact) mass is 342 g/mol. The minimum absolute atomic E-state index is 0.00816. The Labute approximate surface area is 147 Å². The maximum Gasteiger partial charge on any atom is 0.326 e. The first-order valence-corrected chi connectivity index (χ1v) is 8.41. The van der Waals surface area contributed by atoms with Crippen molar-refractivity contribution in [3.8, 4) is 6.07 Å². The van der Waals surface area contributed by atoms with Gasteiger partial charge in [-0.15, -0.1) is 0 Å². The van der Waals surface area contributed by atoms with Crippen molar-refractivity contribution in [3.05, 3.63) is 35.4 Å². The van der Waals surface area contributed by atoms with Gasteiger partial charge in [-0.1, -0.05) is 26.0 Å². The van der Waals surface area contributed by atoms with Gasteiger partial charge in [0.05, 0.1) is 11.6 Å². The summed E-state index contributed by atoms with van der Waals surface area (Å²) in [6, 6.07) is 7.58. The molecule has 1 saturated heterocycles. The molecule has 1 N–H and O–H groups in total. The Kier molecular flexibility index (Phi) is 5.92. The Hall–Kier alpha value is -2.68. The van der Waals surface area contributed by atoms with Crippen LogP contribution in [0.15, 0.2) is 24.3 Å². The third kappa shape index (κ3) is 4.24. The summed E-state index contributed by atoms with van der Waals surface area (Å²) in [4.78, 5) is 38.1. The molecule has 132 valence electrons. The van der Waals surface area contributed by atoms with Gasteiger partial charge in [0.1, 0.15) is 6.04 Å². The van der Waals surface area contributed by atoms with Crippen LogP contribution in [0.25, 0.3) is 0 Å². The number of amides is 1. The van der Waals surface area contributed by atoms with E-state index in [1.807, 2.05) is 19.9 Å². The van der Waals surface area contributed by atoms with E-state index in [4.69, 9.17) is 5.26 Å². The Morgan fingerprint density at radius 2 is 2.08 bits per heavy atom. The summed E-state index contributed by atoms with van der Waals surface area (Å²) in [6.07, 6.45) is 1.12. The van der Waals surface area contributed by atoms with Crippen LogP contribution < -0.4 is 0 Å². The van der Waals surface area contributed by atoms with Crippen LogP contribution in [0.3, 0.4) is 0 Å². The molecule has 1 heterocycles. The van der Waals surface area contributed by atoms with Gasteiger partial charge in [-0.2, -0.15) is 5.26 Å². The third-order valence-corrected chi connectivity index (χ3v) is 4.66. The second kappa shape index (κ2) is 7.93. The van der Waals surface area contributed by atoms with Gasteiger partial charge in [0.2, 0.25) is 5.91 Å². The number of carboxylic acids is 1. The maximum absolute atomic E-state index is 12.8. The van der Waals surface area contributed by atoms with Crippen molar-refractivity contribution in [2.45, 2.75) is 39.2 Å². The highest BCUT2D eigenvalue weighted by Crippen LogP contribution is 2.26. The van der Waals surface area contributed by atoms with Crippen LogP contribution in [-0.4, -0.2) is 40.3 Å². The van der Waals surface area contributed by atoms with Crippen LogP contribution in [0.4, 0.5) is 0 Å². The lowest BCUT2D eigenvalue weighted by Gasteiger charge is -2.28. The topological polar surface area (TPSA) is 98.5 Å². The number of likely N-dealkylation sites (tertiary alicyclic amines) is 1. The zero-order chi connectivity index (χ0) is 18.6. The number of rotatable bonds is 6. The molecular weight excluding hydrogens is 320 g/mol. The molecule has 0 radical (unpaired) electrons. The summed E-state index contributed by atoms with van der Waals surface area (Å²) in [5, 5.41) is 18.2. The van der Waals surface area contributed by atoms with Crippen molar-refractivity contribution >= 4 is 17.7 Å². The van der Waals surface area contributed by atoms with E-state index in [0.717, 1.165) is 0 Å². The van der Waals surface area contributed by atoms with Gasteiger partial charge in [-0.25, -0.2) is 4.79 Å². The zero-order valence-electron chi connectivity index (χ0n) is 14.4. The molecule has 1 fully saturated rings. The SMILES string of the molecule is CC(C)[C@H](CC(=O)c1cccc(C#N)c1)C(=O)N1CCC[C@H]1C(=O)O. The molecule has 25 heavy (non-hydrogen) atoms. The number of carboxylic acid groups (broad SMARTS) is 1. The first-order valence-electron chi connectivity index (χ1n) is 8.41. The number of hydrogen-bond donors (Lipinski definition) is 1. The standard InChI is InChI=1S/C19H22N2O4/c1-12(2)15(18(23)21-8-4-7-16(21)19(24)25)10-17(22)14-6-3-5-13(9-14)11-20/h3,5-6,9,12,15-16H,4,7-8,10H2,1-2H3,(H,24,25)/t15-,16-/m0/s1. The summed E-state index contributed by atoms with van der Waals surface area (Å²) in [5.41, 5.74) is 0.789. The lowest BCUT2D eigenvalue weighted by molar-refractivity contribution is -0.150. The lowest BCUT2D eigenvalue weighted by Crippen LogP contribution is -2.45. The molecule has 1 aliphatic heterocycles. The first kappa shape index (κ1) is 18.7. The van der Waals surface area contributed by atoms with Gasteiger partial charge < -0.3 is 10.0 Å². The lowest BCUT2D eigenvalue weighted by atomic mass is 9.87. The van der Waals surface area contributed by atoms with Crippen molar-refractivity contribution < 1.29 is 19.5 Å². The highest BCUT2D eigenvalue weighted by atomic mass is 16.4. The molecule has 1 amide bonds. The predicted octanol–water partition coefficient (Wildman–Crippen LogP) is 2.48. The number of nitrogens with zero attached hydrogens (tertiary/aromatic N) is 2. The van der Waals surface area contributed by atoms with E-state index in [-0.39, 0.29) is 24.0 Å². The fourth-order valence-electron chi connectivity index (χ4n) is 3.19. The molecule has 2 atom stereocenters. The number of ketones is 1. The Morgan fingerprint density at radius 3 is 2.68 bits per heavy atom. The fourth-order valence-corrected chi connectivity index (χ4v) is 3.19. The largest absolute Gasteiger partial charge is 0.480 e. The molecule has 0 aliphatic carbocycles. The molecular formula is C19H22N2O4. The van der Waals surface area contributed by atoms with Crippen molar-refractivity contribution in [2.24, 2.45) is 11.8 Å². The van der Waals surface area contributed by atoms with Crippen LogP contribution >= 0.6 is 0 Å². The van der Waals surface area contributed by atoms with E-state index in [0.29, 0.717) is 30.5 Å². The number of carbonyl (C=O) groups is 3. The molecule has 1 aromatic carbocycles. The number of hydrogen-bond acceptors (Lipinski definition) is 4. The van der Waals surface area contributed by atoms with E-state index in [1.165, 1.54) is 11.0 Å². The summed E-state index contributed by atoms with van der Waals surface area (Å²) >= 11 is 0. The fraction of sp³-hybridized carbons (Fsp3) is 0.474. The Morgan fingerprint density at radius 1 is 1.36 bits per heavy atom. The molecule has 2 rings (SSSR count). The van der Waals surface area contributed by atoms with Crippen LogP contribution in [0.5, 0.6) is 0 Å². The van der Waals surface area contributed by atoms with Gasteiger partial charge >= 0.3 is 5.97 Å². The molecule has 0 spiro atoms. The third-order valence-electron chi connectivity index (χ3n) is 4.66. The molecule has 1 aliphatic rings. The minimum Gasteiger partial charge on any atom is -0.480 e. The van der Waals surface area contributed by atoms with E-state index < -0.39 is 17.9 Å². The molecule has 1 aromatic rings. The molecule has 6 heteroatoms. The van der Waals surface area contributed by atoms with Gasteiger partial charge in [-0.3, -0.25) is 9.59 Å². The summed E-state index contributed by atoms with van der Waals surface area (Å²) in [6.45, 7) is 4.12. The average molecular weight is 342 g/mol. The molecule has 0 aromatic heterocycles. The summed E-state index contributed by atoms with van der Waals surface area (Å²) < 4.78 is 0. The number of nitriles is 1. The van der Waals surface area contributed by atoms with E-state index in [1.54, 1.807) is 18.2 Å². The van der Waals surface area contributed by atoms with Gasteiger partial charge in [0.15, 0.2) is 5.78 Å². The van der Waals surface area contributed by atoms with Crippen molar-refractivity contribution in [1.29, 1.82) is 5.26 Å². The Bertz CT molecular complexity index is 720. The zero-order valence-corrected chi connectivity index (χ0v) is 14.4. The van der Waals surface area contributed by atoms with Crippen molar-refractivity contribution in [1.82, 2.24) is 4.90 Å². The summed E-state index contributed by atoms with van der Waals surface area (Å²) in [5.74, 6) is -2.15. The number of Topliss-reactive ketones (excluding diaryl/α,β-unsaturated/α-hetero) is 1. The van der Waals surface area contributed by atoms with Crippen molar-refractivity contribution in [3.63, 3.8) is 0 Å². The van der Waals surface area contributed by atoms with Crippen LogP contribution in [0.1, 0.15) is 49.0 Å². The molecule has 0 saturated carbocycles. The summed E-state index contributed by atoms with van der Waals surface area (Å²) in [7, 11) is 0. The smallest absolute Gasteiger partial charge is 0.326 e. The van der Waals surface area contributed by atoms with Gasteiger partial charge in [-0.05, 0) is 30.9 Å². The number of aliphatic carboxylic acids is 1. The quantitative estimate of drug-likeness (QED) is 0.801. The second-order valence-electron chi connectivity index (χ2n) is 6.70. The van der Waals surface area contributed by atoms with Crippen LogP contribution in [-0.2, 0) is 9.59 Å². The number of benzene rings is 1. The van der Waals surface area contributed by atoms with Gasteiger partial charge in [0, 0.05) is 24.4 Å². The predicted molar refractivity (Wildman–Crippen MR) is 90.8 cm³/mol. The highest BCUT2D eigenvalue weighted by molar-refractivity contribution is 5.99. The van der Waals surface area contributed by atoms with E-state index in [2.05, 4.69) is 0 Å². The minimum atomic E-state index is -0.999.